The molecule has 2 aliphatic carbocycles. The van der Waals surface area contributed by atoms with Crippen LogP contribution in [0.4, 0.5) is 11.8 Å². The van der Waals surface area contributed by atoms with Crippen molar-refractivity contribution in [1.29, 1.82) is 0 Å². The number of nitrogens with two attached hydrogens (primary N) is 1. The molecule has 2 atom stereocenters. The maximum Gasteiger partial charge on any atom is 0.254 e. The number of primary amides is 1. The molecule has 0 bridgehead atoms. The van der Waals surface area contributed by atoms with Gasteiger partial charge in [0.05, 0.1) is 11.7 Å². The summed E-state index contributed by atoms with van der Waals surface area (Å²) in [6.45, 7) is 4.23. The molecule has 1 aromatic heterocycles. The molecule has 3 rings (SSSR count). The van der Waals surface area contributed by atoms with E-state index in [-0.39, 0.29) is 17.7 Å². The van der Waals surface area contributed by atoms with Gasteiger partial charge in [-0.25, -0.2) is 4.98 Å². The van der Waals surface area contributed by atoms with E-state index in [1.54, 1.807) is 0 Å². The fourth-order valence-electron chi connectivity index (χ4n) is 3.42. The number of carbonyl (C=O) groups is 1. The quantitative estimate of drug-likeness (QED) is 0.632. The normalized spacial score (nSPS) is 24.5. The Hall–Kier alpha value is -1.89. The van der Waals surface area contributed by atoms with Crippen LogP contribution in [0.25, 0.3) is 0 Å². The van der Waals surface area contributed by atoms with E-state index in [0.29, 0.717) is 29.7 Å². The summed E-state index contributed by atoms with van der Waals surface area (Å²) in [6, 6.07) is 0.150. The van der Waals surface area contributed by atoms with Crippen molar-refractivity contribution < 1.29 is 9.90 Å². The minimum atomic E-state index is -0.538. The van der Waals surface area contributed by atoms with E-state index >= 15 is 0 Å². The third-order valence-corrected chi connectivity index (χ3v) is 5.07. The summed E-state index contributed by atoms with van der Waals surface area (Å²) in [5, 5.41) is 16.4. The fraction of sp³-hybridized carbons (Fsp3) is 0.706. The summed E-state index contributed by atoms with van der Waals surface area (Å²) in [7, 11) is 0. The van der Waals surface area contributed by atoms with E-state index < -0.39 is 5.91 Å². The highest BCUT2D eigenvalue weighted by atomic mass is 16.3. The monoisotopic (exact) mass is 333 g/mol. The summed E-state index contributed by atoms with van der Waals surface area (Å²) in [5.41, 5.74) is 5.63. The number of hydrogen-bond acceptors (Lipinski definition) is 6. The van der Waals surface area contributed by atoms with Gasteiger partial charge in [-0.2, -0.15) is 4.98 Å². The van der Waals surface area contributed by atoms with Gasteiger partial charge in [-0.3, -0.25) is 4.79 Å². The first-order chi connectivity index (χ1) is 11.3. The summed E-state index contributed by atoms with van der Waals surface area (Å²) in [6.07, 6.45) is 7.07. The number of nitrogens with zero attached hydrogens (tertiary/aromatic N) is 2. The van der Waals surface area contributed by atoms with Crippen LogP contribution < -0.4 is 16.4 Å². The number of aliphatic hydroxyl groups excluding tert-OH is 1. The van der Waals surface area contributed by atoms with Crippen molar-refractivity contribution in [3.63, 3.8) is 0 Å². The van der Waals surface area contributed by atoms with Crippen LogP contribution in [-0.4, -0.2) is 38.7 Å². The first-order valence-corrected chi connectivity index (χ1v) is 8.75. The first-order valence-electron chi connectivity index (χ1n) is 8.75. The Morgan fingerprint density at radius 3 is 2.71 bits per heavy atom. The Kier molecular flexibility index (Phi) is 4.62. The van der Waals surface area contributed by atoms with Crippen molar-refractivity contribution >= 4 is 17.7 Å². The van der Waals surface area contributed by atoms with Gasteiger partial charge in [0.15, 0.2) is 0 Å². The van der Waals surface area contributed by atoms with E-state index in [4.69, 9.17) is 5.73 Å². The van der Waals surface area contributed by atoms with Crippen LogP contribution in [0.1, 0.15) is 62.7 Å². The highest BCUT2D eigenvalue weighted by molar-refractivity contribution is 5.97. The summed E-state index contributed by atoms with van der Waals surface area (Å²) in [4.78, 5) is 20.4. The minimum absolute atomic E-state index is 0.142. The van der Waals surface area contributed by atoms with Crippen molar-refractivity contribution in [3.8, 4) is 0 Å². The van der Waals surface area contributed by atoms with Gasteiger partial charge in [0, 0.05) is 17.8 Å². The topological polar surface area (TPSA) is 113 Å². The molecule has 0 aromatic carbocycles. The summed E-state index contributed by atoms with van der Waals surface area (Å²) < 4.78 is 0. The number of hydrogen-bond donors (Lipinski definition) is 4. The number of rotatable bonds is 6. The molecule has 0 saturated heterocycles. The Morgan fingerprint density at radius 1 is 1.33 bits per heavy atom. The molecule has 2 saturated carbocycles. The molecule has 7 nitrogen and oxygen atoms in total. The third-order valence-electron chi connectivity index (χ3n) is 5.07. The summed E-state index contributed by atoms with van der Waals surface area (Å²) in [5.74, 6) is 0.989. The first kappa shape index (κ1) is 17.0. The molecular weight excluding hydrogens is 306 g/mol. The second-order valence-electron chi connectivity index (χ2n) is 7.60. The van der Waals surface area contributed by atoms with Gasteiger partial charge in [0.2, 0.25) is 5.95 Å². The Morgan fingerprint density at radius 2 is 2.08 bits per heavy atom. The molecule has 2 aliphatic rings. The van der Waals surface area contributed by atoms with Crippen molar-refractivity contribution in [3.05, 3.63) is 11.8 Å². The molecule has 1 aromatic rings. The lowest BCUT2D eigenvalue weighted by molar-refractivity contribution is 0.100. The van der Waals surface area contributed by atoms with Crippen molar-refractivity contribution in [2.75, 3.05) is 10.6 Å². The molecule has 1 heterocycles. The highest BCUT2D eigenvalue weighted by Crippen LogP contribution is 2.41. The lowest BCUT2D eigenvalue weighted by Crippen LogP contribution is -2.35. The fourth-order valence-corrected chi connectivity index (χ4v) is 3.42. The molecule has 2 fully saturated rings. The van der Waals surface area contributed by atoms with Gasteiger partial charge >= 0.3 is 0 Å². The third kappa shape index (κ3) is 3.95. The second-order valence-corrected chi connectivity index (χ2v) is 7.60. The number of anilines is 2. The zero-order valence-corrected chi connectivity index (χ0v) is 14.4. The average Bonchev–Trinajstić information content (AvgIpc) is 3.31. The van der Waals surface area contributed by atoms with Crippen LogP contribution in [0, 0.1) is 5.92 Å². The molecule has 0 aliphatic heterocycles. The Labute approximate surface area is 142 Å². The lowest BCUT2D eigenvalue weighted by atomic mass is 9.93. The smallest absolute Gasteiger partial charge is 0.254 e. The molecule has 24 heavy (non-hydrogen) atoms. The van der Waals surface area contributed by atoms with E-state index in [1.807, 2.05) is 0 Å². The van der Waals surface area contributed by atoms with E-state index in [1.165, 1.54) is 19.0 Å². The number of nitrogens with one attached hydrogen (secondary N) is 2. The van der Waals surface area contributed by atoms with Gasteiger partial charge in [0.25, 0.3) is 5.91 Å². The zero-order chi connectivity index (χ0) is 17.3. The average molecular weight is 333 g/mol. The van der Waals surface area contributed by atoms with Gasteiger partial charge in [0.1, 0.15) is 5.82 Å². The molecule has 7 heteroatoms. The largest absolute Gasteiger partial charge is 0.393 e. The van der Waals surface area contributed by atoms with Gasteiger partial charge in [-0.1, -0.05) is 0 Å². The molecule has 5 N–H and O–H groups in total. The Bertz CT molecular complexity index is 615. The minimum Gasteiger partial charge on any atom is -0.393 e. The number of amides is 1. The SMILES string of the molecule is CC(C)(Nc1nc(N[C@H]2CCC[C@@H](O)C2)ncc1C(N)=O)C1CC1. The van der Waals surface area contributed by atoms with Crippen molar-refractivity contribution in [2.24, 2.45) is 11.7 Å². The van der Waals surface area contributed by atoms with Crippen LogP contribution in [0.15, 0.2) is 6.20 Å². The second kappa shape index (κ2) is 6.55. The highest BCUT2D eigenvalue weighted by Gasteiger charge is 2.38. The molecule has 0 radical (unpaired) electrons. The molecule has 1 amide bonds. The van der Waals surface area contributed by atoms with Crippen molar-refractivity contribution in [2.45, 2.75) is 70.1 Å². The molecular formula is C17H27N5O2. The van der Waals surface area contributed by atoms with Crippen LogP contribution in [0.2, 0.25) is 0 Å². The van der Waals surface area contributed by atoms with Gasteiger partial charge < -0.3 is 21.5 Å². The predicted molar refractivity (Wildman–Crippen MR) is 92.9 cm³/mol. The summed E-state index contributed by atoms with van der Waals surface area (Å²) >= 11 is 0. The van der Waals surface area contributed by atoms with E-state index in [9.17, 15) is 9.90 Å². The maximum atomic E-state index is 11.7. The number of carbonyl (C=O) groups excluding carboxylic acids is 1. The van der Waals surface area contributed by atoms with E-state index in [2.05, 4.69) is 34.4 Å². The van der Waals surface area contributed by atoms with Crippen molar-refractivity contribution in [1.82, 2.24) is 9.97 Å². The Balaban J connectivity index is 1.78. The maximum absolute atomic E-state index is 11.7. The molecule has 0 spiro atoms. The van der Waals surface area contributed by atoms with Crippen LogP contribution in [-0.2, 0) is 0 Å². The van der Waals surface area contributed by atoms with Gasteiger partial charge in [-0.05, 0) is 58.3 Å². The zero-order valence-electron chi connectivity index (χ0n) is 14.4. The number of aromatic nitrogens is 2. The predicted octanol–water partition coefficient (Wildman–Crippen LogP) is 1.89. The van der Waals surface area contributed by atoms with Crippen LogP contribution in [0.3, 0.4) is 0 Å². The van der Waals surface area contributed by atoms with Crippen LogP contribution >= 0.6 is 0 Å². The standard InChI is InChI=1S/C17H27N5O2/c1-17(2,10-6-7-10)22-15-13(14(18)24)9-19-16(21-15)20-11-4-3-5-12(23)8-11/h9-12,23H,3-8H2,1-2H3,(H2,18,24)(H2,19,20,21,22)/t11-,12+/m0/s1. The van der Waals surface area contributed by atoms with E-state index in [0.717, 1.165) is 19.3 Å². The molecule has 132 valence electrons. The lowest BCUT2D eigenvalue weighted by Gasteiger charge is -2.29. The molecule has 0 unspecified atom stereocenters. The van der Waals surface area contributed by atoms with Gasteiger partial charge in [-0.15, -0.1) is 0 Å². The van der Waals surface area contributed by atoms with Crippen LogP contribution in [0.5, 0.6) is 0 Å². The number of aliphatic hydroxyl groups is 1.